The van der Waals surface area contributed by atoms with Gasteiger partial charge in [0.25, 0.3) is 0 Å². The highest BCUT2D eigenvalue weighted by Crippen LogP contribution is 2.31. The summed E-state index contributed by atoms with van der Waals surface area (Å²) in [6, 6.07) is 4.23. The summed E-state index contributed by atoms with van der Waals surface area (Å²) in [6.07, 6.45) is 10.6. The van der Waals surface area contributed by atoms with Crippen LogP contribution in [-0.2, 0) is 0 Å². The van der Waals surface area contributed by atoms with Crippen molar-refractivity contribution < 1.29 is 0 Å². The summed E-state index contributed by atoms with van der Waals surface area (Å²) in [5, 5.41) is 1.01. The number of rotatable bonds is 4. The van der Waals surface area contributed by atoms with Gasteiger partial charge < -0.3 is 4.90 Å². The number of nitrogens with zero attached hydrogens (tertiary/aromatic N) is 3. The van der Waals surface area contributed by atoms with Crippen LogP contribution in [0.1, 0.15) is 30.3 Å². The van der Waals surface area contributed by atoms with E-state index in [4.69, 9.17) is 4.98 Å². The van der Waals surface area contributed by atoms with Crippen molar-refractivity contribution in [3.8, 4) is 10.6 Å². The molecule has 0 bridgehead atoms. The zero-order valence-corrected chi connectivity index (χ0v) is 14.9. The summed E-state index contributed by atoms with van der Waals surface area (Å²) in [7, 11) is 0. The molecule has 3 nitrogen and oxygen atoms in total. The van der Waals surface area contributed by atoms with Crippen molar-refractivity contribution in [1.29, 1.82) is 0 Å². The molecule has 0 N–H and O–H groups in total. The molecule has 0 atom stereocenters. The van der Waals surface area contributed by atoms with E-state index in [0.29, 0.717) is 0 Å². The SMILES string of the molecule is C/C=C\c1nc(-c2ccc(N3CCCC3)nc2)sc1/C=C/Br. The molecule has 114 valence electrons. The van der Waals surface area contributed by atoms with Gasteiger partial charge in [0.1, 0.15) is 10.8 Å². The molecule has 2 aromatic rings. The van der Waals surface area contributed by atoms with E-state index in [2.05, 4.69) is 37.9 Å². The minimum Gasteiger partial charge on any atom is -0.357 e. The van der Waals surface area contributed by atoms with E-state index in [0.717, 1.165) is 40.0 Å². The summed E-state index contributed by atoms with van der Waals surface area (Å²) >= 11 is 5.02. The Morgan fingerprint density at radius 2 is 2.05 bits per heavy atom. The van der Waals surface area contributed by atoms with Crippen LogP contribution in [0.25, 0.3) is 22.7 Å². The van der Waals surface area contributed by atoms with E-state index in [1.165, 1.54) is 12.8 Å². The molecule has 0 aliphatic carbocycles. The minimum absolute atomic E-state index is 1.00. The van der Waals surface area contributed by atoms with Gasteiger partial charge in [0, 0.05) is 24.8 Å². The molecule has 22 heavy (non-hydrogen) atoms. The Morgan fingerprint density at radius 1 is 1.23 bits per heavy atom. The van der Waals surface area contributed by atoms with Crippen LogP contribution in [0.15, 0.2) is 29.4 Å². The Balaban J connectivity index is 1.88. The fourth-order valence-corrected chi connectivity index (χ4v) is 3.95. The monoisotopic (exact) mass is 375 g/mol. The number of hydrogen-bond donors (Lipinski definition) is 0. The van der Waals surface area contributed by atoms with Crippen molar-refractivity contribution in [1.82, 2.24) is 9.97 Å². The van der Waals surface area contributed by atoms with E-state index in [1.54, 1.807) is 11.3 Å². The van der Waals surface area contributed by atoms with Crippen LogP contribution in [0.3, 0.4) is 0 Å². The Morgan fingerprint density at radius 3 is 2.68 bits per heavy atom. The lowest BCUT2D eigenvalue weighted by Crippen LogP contribution is -2.18. The zero-order chi connectivity index (χ0) is 15.4. The van der Waals surface area contributed by atoms with E-state index in [9.17, 15) is 0 Å². The molecule has 1 fully saturated rings. The highest BCUT2D eigenvalue weighted by Gasteiger charge is 2.14. The molecule has 0 saturated carbocycles. The quantitative estimate of drug-likeness (QED) is 0.734. The Hall–Kier alpha value is -1.46. The second-order valence-electron chi connectivity index (χ2n) is 5.16. The molecule has 0 unspecified atom stereocenters. The summed E-state index contributed by atoms with van der Waals surface area (Å²) < 4.78 is 0. The van der Waals surface area contributed by atoms with Gasteiger partial charge in [-0.25, -0.2) is 9.97 Å². The molecular formula is C17H18BrN3S. The van der Waals surface area contributed by atoms with Crippen LogP contribution in [0.5, 0.6) is 0 Å². The lowest BCUT2D eigenvalue weighted by molar-refractivity contribution is 0.938. The third-order valence-corrected chi connectivity index (χ3v) is 4.99. The first-order valence-corrected chi connectivity index (χ1v) is 9.16. The van der Waals surface area contributed by atoms with Crippen molar-refractivity contribution in [2.24, 2.45) is 0 Å². The Labute approximate surface area is 143 Å². The molecule has 0 aromatic carbocycles. The molecule has 0 spiro atoms. The zero-order valence-electron chi connectivity index (χ0n) is 12.5. The summed E-state index contributed by atoms with van der Waals surface area (Å²) in [4.78, 5) is 14.7. The maximum atomic E-state index is 4.72. The molecule has 1 aliphatic heterocycles. The van der Waals surface area contributed by atoms with Gasteiger partial charge in [-0.1, -0.05) is 22.0 Å². The van der Waals surface area contributed by atoms with Crippen molar-refractivity contribution in [2.75, 3.05) is 18.0 Å². The molecule has 5 heteroatoms. The molecule has 2 aromatic heterocycles. The van der Waals surface area contributed by atoms with Crippen LogP contribution in [0.4, 0.5) is 5.82 Å². The maximum absolute atomic E-state index is 4.72. The summed E-state index contributed by atoms with van der Waals surface area (Å²) in [5.74, 6) is 1.08. The summed E-state index contributed by atoms with van der Waals surface area (Å²) in [6.45, 7) is 4.25. The van der Waals surface area contributed by atoms with Gasteiger partial charge in [0.05, 0.1) is 10.6 Å². The van der Waals surface area contributed by atoms with Crippen molar-refractivity contribution in [3.63, 3.8) is 0 Å². The summed E-state index contributed by atoms with van der Waals surface area (Å²) in [5.41, 5.74) is 2.08. The van der Waals surface area contributed by atoms with Crippen LogP contribution in [0.2, 0.25) is 0 Å². The smallest absolute Gasteiger partial charge is 0.128 e. The predicted molar refractivity (Wildman–Crippen MR) is 99.5 cm³/mol. The first-order valence-electron chi connectivity index (χ1n) is 7.43. The standard InChI is InChI=1S/C17H18BrN3S/c1-2-5-14-15(8-9-18)22-17(20-14)13-6-7-16(19-12-13)21-10-3-4-11-21/h2,5-9,12H,3-4,10-11H2,1H3/b5-2-,9-8+. The largest absolute Gasteiger partial charge is 0.357 e. The number of thiazole rings is 1. The fourth-order valence-electron chi connectivity index (χ4n) is 2.57. The van der Waals surface area contributed by atoms with Crippen LogP contribution >= 0.6 is 27.3 Å². The molecule has 1 aliphatic rings. The van der Waals surface area contributed by atoms with Crippen molar-refractivity contribution in [3.05, 3.63) is 40.0 Å². The molecule has 1 saturated heterocycles. The average molecular weight is 376 g/mol. The highest BCUT2D eigenvalue weighted by molar-refractivity contribution is 9.11. The molecule has 3 rings (SSSR count). The second kappa shape index (κ2) is 7.20. The molecule has 0 radical (unpaired) electrons. The van der Waals surface area contributed by atoms with Gasteiger partial charge in [-0.05, 0) is 49.0 Å². The highest BCUT2D eigenvalue weighted by atomic mass is 79.9. The van der Waals surface area contributed by atoms with E-state index in [1.807, 2.05) is 36.3 Å². The predicted octanol–water partition coefficient (Wildman–Crippen LogP) is 5.20. The van der Waals surface area contributed by atoms with Crippen LogP contribution in [0, 0.1) is 0 Å². The second-order valence-corrected chi connectivity index (χ2v) is 6.72. The van der Waals surface area contributed by atoms with Crippen molar-refractivity contribution >= 4 is 45.2 Å². The Bertz CT molecular complexity index is 653. The van der Waals surface area contributed by atoms with E-state index < -0.39 is 0 Å². The van der Waals surface area contributed by atoms with Gasteiger partial charge in [-0.15, -0.1) is 11.3 Å². The van der Waals surface area contributed by atoms with Gasteiger partial charge in [-0.3, -0.25) is 0 Å². The van der Waals surface area contributed by atoms with Crippen LogP contribution in [-0.4, -0.2) is 23.1 Å². The van der Waals surface area contributed by atoms with Crippen molar-refractivity contribution in [2.45, 2.75) is 19.8 Å². The Kier molecular flexibility index (Phi) is 5.05. The van der Waals surface area contributed by atoms with E-state index in [-0.39, 0.29) is 0 Å². The first-order chi connectivity index (χ1) is 10.8. The van der Waals surface area contributed by atoms with Gasteiger partial charge in [0.15, 0.2) is 0 Å². The third kappa shape index (κ3) is 3.31. The first kappa shape index (κ1) is 15.4. The lowest BCUT2D eigenvalue weighted by Gasteiger charge is -2.15. The van der Waals surface area contributed by atoms with Gasteiger partial charge in [0.2, 0.25) is 0 Å². The van der Waals surface area contributed by atoms with Gasteiger partial charge in [-0.2, -0.15) is 0 Å². The number of aromatic nitrogens is 2. The van der Waals surface area contributed by atoms with Gasteiger partial charge >= 0.3 is 0 Å². The topological polar surface area (TPSA) is 29.0 Å². The number of allylic oxidation sites excluding steroid dienone is 1. The van der Waals surface area contributed by atoms with E-state index >= 15 is 0 Å². The minimum atomic E-state index is 1.00. The number of hydrogen-bond acceptors (Lipinski definition) is 4. The lowest BCUT2D eigenvalue weighted by atomic mass is 10.3. The average Bonchev–Trinajstić information content (AvgIpc) is 3.19. The number of anilines is 1. The van der Waals surface area contributed by atoms with Crippen LogP contribution < -0.4 is 4.90 Å². The third-order valence-electron chi connectivity index (χ3n) is 3.64. The number of halogens is 1. The molecular weight excluding hydrogens is 358 g/mol. The number of pyridine rings is 1. The maximum Gasteiger partial charge on any atom is 0.128 e. The molecule has 0 amide bonds. The molecule has 3 heterocycles. The fraction of sp³-hybridized carbons (Fsp3) is 0.294. The normalized spacial score (nSPS) is 15.5.